The number of rotatable bonds is 3. The SMILES string of the molecule is CN(Cc1ccccc1)c1ccc2ccccc2c1. The molecule has 3 aromatic carbocycles. The molecule has 94 valence electrons. The Hall–Kier alpha value is -2.28. The molecule has 0 aliphatic heterocycles. The largest absolute Gasteiger partial charge is 0.370 e. The summed E-state index contributed by atoms with van der Waals surface area (Å²) in [6.07, 6.45) is 0. The second-order valence-corrected chi connectivity index (χ2v) is 4.87. The van der Waals surface area contributed by atoms with Crippen LogP contribution < -0.4 is 4.90 Å². The van der Waals surface area contributed by atoms with Gasteiger partial charge in [-0.2, -0.15) is 0 Å². The summed E-state index contributed by atoms with van der Waals surface area (Å²) in [4.78, 5) is 2.28. The fraction of sp³-hybridized carbons (Fsp3) is 0.111. The van der Waals surface area contributed by atoms with Crippen molar-refractivity contribution in [1.82, 2.24) is 0 Å². The lowest BCUT2D eigenvalue weighted by Gasteiger charge is -2.20. The average molecular weight is 247 g/mol. The third-order valence-corrected chi connectivity index (χ3v) is 3.44. The quantitative estimate of drug-likeness (QED) is 0.659. The Morgan fingerprint density at radius 1 is 0.737 bits per heavy atom. The van der Waals surface area contributed by atoms with Crippen molar-refractivity contribution in [1.29, 1.82) is 0 Å². The van der Waals surface area contributed by atoms with Crippen molar-refractivity contribution in [3.05, 3.63) is 78.4 Å². The molecule has 3 rings (SSSR count). The standard InChI is InChI=1S/C18H17N/c1-19(14-15-7-3-2-4-8-15)18-12-11-16-9-5-6-10-17(16)13-18/h2-13H,14H2,1H3. The van der Waals surface area contributed by atoms with Crippen molar-refractivity contribution in [3.8, 4) is 0 Å². The molecule has 0 aromatic heterocycles. The molecule has 3 aromatic rings. The zero-order valence-corrected chi connectivity index (χ0v) is 11.1. The Balaban J connectivity index is 1.87. The monoisotopic (exact) mass is 247 g/mol. The van der Waals surface area contributed by atoms with E-state index >= 15 is 0 Å². The molecule has 0 aliphatic rings. The van der Waals surface area contributed by atoms with Crippen LogP contribution in [0.4, 0.5) is 5.69 Å². The van der Waals surface area contributed by atoms with Crippen molar-refractivity contribution >= 4 is 16.5 Å². The molecule has 1 nitrogen and oxygen atoms in total. The van der Waals surface area contributed by atoms with Crippen LogP contribution in [0.3, 0.4) is 0 Å². The first-order valence-electron chi connectivity index (χ1n) is 6.57. The van der Waals surface area contributed by atoms with Gasteiger partial charge in [-0.15, -0.1) is 0 Å². The first-order valence-corrected chi connectivity index (χ1v) is 6.57. The first-order chi connectivity index (χ1) is 9.33. The van der Waals surface area contributed by atoms with Crippen molar-refractivity contribution in [2.75, 3.05) is 11.9 Å². The van der Waals surface area contributed by atoms with Crippen LogP contribution in [0.1, 0.15) is 5.56 Å². The van der Waals surface area contributed by atoms with Crippen LogP contribution in [0.2, 0.25) is 0 Å². The van der Waals surface area contributed by atoms with E-state index in [2.05, 4.69) is 84.7 Å². The van der Waals surface area contributed by atoms with Crippen molar-refractivity contribution in [3.63, 3.8) is 0 Å². The van der Waals surface area contributed by atoms with Crippen LogP contribution in [0.15, 0.2) is 72.8 Å². The molecular weight excluding hydrogens is 230 g/mol. The van der Waals surface area contributed by atoms with Gasteiger partial charge in [0.15, 0.2) is 0 Å². The third-order valence-electron chi connectivity index (χ3n) is 3.44. The van der Waals surface area contributed by atoms with Gasteiger partial charge in [-0.1, -0.05) is 60.7 Å². The summed E-state index contributed by atoms with van der Waals surface area (Å²) < 4.78 is 0. The van der Waals surface area contributed by atoms with E-state index in [1.807, 2.05) is 0 Å². The van der Waals surface area contributed by atoms with Gasteiger partial charge in [-0.3, -0.25) is 0 Å². The maximum atomic E-state index is 2.28. The average Bonchev–Trinajstić information content (AvgIpc) is 2.48. The molecule has 0 saturated heterocycles. The van der Waals surface area contributed by atoms with Gasteiger partial charge in [0, 0.05) is 19.3 Å². The highest BCUT2D eigenvalue weighted by Crippen LogP contribution is 2.22. The molecule has 0 radical (unpaired) electrons. The second-order valence-electron chi connectivity index (χ2n) is 4.87. The van der Waals surface area contributed by atoms with E-state index in [1.165, 1.54) is 22.0 Å². The lowest BCUT2D eigenvalue weighted by molar-refractivity contribution is 0.924. The Morgan fingerprint density at radius 2 is 1.42 bits per heavy atom. The molecular formula is C18H17N. The summed E-state index contributed by atoms with van der Waals surface area (Å²) in [5.74, 6) is 0. The Labute approximate surface area is 114 Å². The summed E-state index contributed by atoms with van der Waals surface area (Å²) >= 11 is 0. The van der Waals surface area contributed by atoms with Gasteiger partial charge in [-0.25, -0.2) is 0 Å². The van der Waals surface area contributed by atoms with Crippen molar-refractivity contribution in [2.24, 2.45) is 0 Å². The molecule has 0 atom stereocenters. The first kappa shape index (κ1) is 11.8. The van der Waals surface area contributed by atoms with Gasteiger partial charge in [0.25, 0.3) is 0 Å². The summed E-state index contributed by atoms with van der Waals surface area (Å²) in [6.45, 7) is 0.930. The summed E-state index contributed by atoms with van der Waals surface area (Å²) in [7, 11) is 2.14. The van der Waals surface area contributed by atoms with Gasteiger partial charge in [0.2, 0.25) is 0 Å². The van der Waals surface area contributed by atoms with Crippen LogP contribution in [0.25, 0.3) is 10.8 Å². The second kappa shape index (κ2) is 5.15. The van der Waals surface area contributed by atoms with Gasteiger partial charge in [-0.05, 0) is 28.5 Å². The minimum Gasteiger partial charge on any atom is -0.370 e. The predicted octanol–water partition coefficient (Wildman–Crippen LogP) is 4.48. The lowest BCUT2D eigenvalue weighted by atomic mass is 10.1. The maximum absolute atomic E-state index is 2.28. The van der Waals surface area contributed by atoms with E-state index in [0.717, 1.165) is 6.54 Å². The van der Waals surface area contributed by atoms with E-state index in [0.29, 0.717) is 0 Å². The summed E-state index contributed by atoms with van der Waals surface area (Å²) in [5, 5.41) is 2.58. The van der Waals surface area contributed by atoms with E-state index < -0.39 is 0 Å². The lowest BCUT2D eigenvalue weighted by Crippen LogP contribution is -2.16. The molecule has 0 N–H and O–H groups in total. The zero-order valence-electron chi connectivity index (χ0n) is 11.1. The topological polar surface area (TPSA) is 3.24 Å². The molecule has 0 heterocycles. The molecule has 0 unspecified atom stereocenters. The fourth-order valence-electron chi connectivity index (χ4n) is 2.36. The summed E-state index contributed by atoms with van der Waals surface area (Å²) in [6, 6.07) is 25.7. The van der Waals surface area contributed by atoms with Crippen LogP contribution in [0.5, 0.6) is 0 Å². The van der Waals surface area contributed by atoms with Crippen molar-refractivity contribution < 1.29 is 0 Å². The molecule has 0 spiro atoms. The highest BCUT2D eigenvalue weighted by Gasteiger charge is 2.02. The number of benzene rings is 3. The van der Waals surface area contributed by atoms with Crippen LogP contribution in [0, 0.1) is 0 Å². The van der Waals surface area contributed by atoms with Gasteiger partial charge in [0.1, 0.15) is 0 Å². The van der Waals surface area contributed by atoms with E-state index in [4.69, 9.17) is 0 Å². The Bertz CT molecular complexity index is 673. The van der Waals surface area contributed by atoms with Crippen LogP contribution in [-0.4, -0.2) is 7.05 Å². The van der Waals surface area contributed by atoms with Crippen LogP contribution >= 0.6 is 0 Å². The molecule has 0 bridgehead atoms. The van der Waals surface area contributed by atoms with Gasteiger partial charge in [0.05, 0.1) is 0 Å². The normalized spacial score (nSPS) is 10.6. The van der Waals surface area contributed by atoms with Crippen molar-refractivity contribution in [2.45, 2.75) is 6.54 Å². The number of hydrogen-bond donors (Lipinski definition) is 0. The zero-order chi connectivity index (χ0) is 13.1. The van der Waals surface area contributed by atoms with E-state index in [-0.39, 0.29) is 0 Å². The Morgan fingerprint density at radius 3 is 2.21 bits per heavy atom. The van der Waals surface area contributed by atoms with Crippen LogP contribution in [-0.2, 0) is 6.54 Å². The van der Waals surface area contributed by atoms with Gasteiger partial charge < -0.3 is 4.90 Å². The maximum Gasteiger partial charge on any atom is 0.0426 e. The minimum absolute atomic E-state index is 0.930. The van der Waals surface area contributed by atoms with E-state index in [9.17, 15) is 0 Å². The molecule has 0 aliphatic carbocycles. The molecule has 0 fully saturated rings. The number of fused-ring (bicyclic) bond motifs is 1. The molecule has 1 heteroatoms. The highest BCUT2D eigenvalue weighted by molar-refractivity contribution is 5.85. The fourth-order valence-corrected chi connectivity index (χ4v) is 2.36. The summed E-state index contributed by atoms with van der Waals surface area (Å²) in [5.41, 5.74) is 2.58. The molecule has 0 saturated carbocycles. The number of hydrogen-bond acceptors (Lipinski definition) is 1. The smallest absolute Gasteiger partial charge is 0.0426 e. The Kier molecular flexibility index (Phi) is 3.20. The number of nitrogens with zero attached hydrogens (tertiary/aromatic N) is 1. The van der Waals surface area contributed by atoms with E-state index in [1.54, 1.807) is 0 Å². The number of anilines is 1. The van der Waals surface area contributed by atoms with Gasteiger partial charge >= 0.3 is 0 Å². The molecule has 19 heavy (non-hydrogen) atoms. The minimum atomic E-state index is 0.930. The predicted molar refractivity (Wildman–Crippen MR) is 82.5 cm³/mol. The third kappa shape index (κ3) is 2.60. The molecule has 0 amide bonds. The highest BCUT2D eigenvalue weighted by atomic mass is 15.1.